The second kappa shape index (κ2) is 6.57. The van der Waals surface area contributed by atoms with Gasteiger partial charge in [-0.05, 0) is 37.0 Å². The largest absolute Gasteiger partial charge is 0.355 e. The van der Waals surface area contributed by atoms with E-state index >= 15 is 0 Å². The lowest BCUT2D eigenvalue weighted by Crippen LogP contribution is -2.39. The quantitative estimate of drug-likeness (QED) is 0.821. The molecule has 1 atom stereocenters. The van der Waals surface area contributed by atoms with Gasteiger partial charge in [-0.25, -0.2) is 0 Å². The maximum Gasteiger partial charge on any atom is 0.223 e. The van der Waals surface area contributed by atoms with Crippen molar-refractivity contribution in [1.82, 2.24) is 5.32 Å². The summed E-state index contributed by atoms with van der Waals surface area (Å²) >= 11 is 3.45. The highest BCUT2D eigenvalue weighted by Crippen LogP contribution is 2.25. The highest BCUT2D eigenvalue weighted by molar-refractivity contribution is 9.10. The van der Waals surface area contributed by atoms with Crippen LogP contribution >= 0.6 is 15.9 Å². The molecule has 1 N–H and O–H groups in total. The zero-order chi connectivity index (χ0) is 14.6. The van der Waals surface area contributed by atoms with Gasteiger partial charge in [0.15, 0.2) is 0 Å². The summed E-state index contributed by atoms with van der Waals surface area (Å²) in [6.07, 6.45) is 7.16. The molecule has 0 radical (unpaired) electrons. The molecule has 0 aromatic heterocycles. The minimum absolute atomic E-state index is 0.0547. The van der Waals surface area contributed by atoms with E-state index < -0.39 is 0 Å². The van der Waals surface area contributed by atoms with Crippen LogP contribution < -0.4 is 5.32 Å². The van der Waals surface area contributed by atoms with Crippen molar-refractivity contribution < 1.29 is 4.79 Å². The van der Waals surface area contributed by atoms with Crippen molar-refractivity contribution in [3.8, 4) is 0 Å². The van der Waals surface area contributed by atoms with Crippen LogP contribution in [0.25, 0.3) is 0 Å². The molecule has 2 rings (SSSR count). The lowest BCUT2D eigenvalue weighted by molar-refractivity contribution is -0.125. The number of benzene rings is 1. The SMILES string of the molecule is CC(C)(CNC(=O)[C@H]1CC=CCC1)c1ccc(Br)cc1. The van der Waals surface area contributed by atoms with E-state index in [4.69, 9.17) is 0 Å². The van der Waals surface area contributed by atoms with Gasteiger partial charge in [0.1, 0.15) is 0 Å². The first kappa shape index (κ1) is 15.3. The summed E-state index contributed by atoms with van der Waals surface area (Å²) in [6, 6.07) is 8.31. The molecule has 0 heterocycles. The molecule has 1 amide bonds. The Kier molecular flexibility index (Phi) is 5.03. The average molecular weight is 336 g/mol. The van der Waals surface area contributed by atoms with Crippen molar-refractivity contribution in [3.05, 3.63) is 46.5 Å². The van der Waals surface area contributed by atoms with Gasteiger partial charge in [0.25, 0.3) is 0 Å². The van der Waals surface area contributed by atoms with Gasteiger partial charge in [-0.1, -0.05) is 54.1 Å². The zero-order valence-corrected chi connectivity index (χ0v) is 13.7. The van der Waals surface area contributed by atoms with E-state index in [1.807, 2.05) is 12.1 Å². The molecule has 20 heavy (non-hydrogen) atoms. The Bertz CT molecular complexity index is 490. The van der Waals surface area contributed by atoms with Crippen molar-refractivity contribution in [3.63, 3.8) is 0 Å². The average Bonchev–Trinajstić information content (AvgIpc) is 2.46. The summed E-state index contributed by atoms with van der Waals surface area (Å²) in [4.78, 5) is 12.2. The number of carbonyl (C=O) groups is 1. The Morgan fingerprint density at radius 3 is 2.60 bits per heavy atom. The summed E-state index contributed by atoms with van der Waals surface area (Å²) in [5.74, 6) is 0.347. The third kappa shape index (κ3) is 3.95. The fourth-order valence-electron chi connectivity index (χ4n) is 2.49. The molecule has 1 aromatic rings. The van der Waals surface area contributed by atoms with Crippen LogP contribution in [0.3, 0.4) is 0 Å². The minimum Gasteiger partial charge on any atom is -0.355 e. The Morgan fingerprint density at radius 1 is 1.30 bits per heavy atom. The predicted molar refractivity (Wildman–Crippen MR) is 86.7 cm³/mol. The van der Waals surface area contributed by atoms with Crippen LogP contribution in [0, 0.1) is 5.92 Å². The van der Waals surface area contributed by atoms with Gasteiger partial charge >= 0.3 is 0 Å². The van der Waals surface area contributed by atoms with Gasteiger partial charge in [0.05, 0.1) is 0 Å². The van der Waals surface area contributed by atoms with E-state index in [1.54, 1.807) is 0 Å². The summed E-state index contributed by atoms with van der Waals surface area (Å²) in [5.41, 5.74) is 1.19. The van der Waals surface area contributed by atoms with Crippen molar-refractivity contribution in [2.24, 2.45) is 5.92 Å². The molecule has 3 heteroatoms. The number of allylic oxidation sites excluding steroid dienone is 2. The maximum atomic E-state index is 12.2. The lowest BCUT2D eigenvalue weighted by Gasteiger charge is -2.27. The fraction of sp³-hybridized carbons (Fsp3) is 0.471. The van der Waals surface area contributed by atoms with Crippen LogP contribution in [-0.2, 0) is 10.2 Å². The predicted octanol–water partition coefficient (Wildman–Crippen LogP) is 4.20. The van der Waals surface area contributed by atoms with Gasteiger partial charge in [0, 0.05) is 22.4 Å². The first-order valence-electron chi connectivity index (χ1n) is 7.18. The van der Waals surface area contributed by atoms with Crippen LogP contribution in [0.2, 0.25) is 0 Å². The summed E-state index contributed by atoms with van der Waals surface area (Å²) in [6.45, 7) is 5.00. The Hall–Kier alpha value is -1.09. The van der Waals surface area contributed by atoms with E-state index in [1.165, 1.54) is 5.56 Å². The molecule has 108 valence electrons. The van der Waals surface area contributed by atoms with E-state index in [0.29, 0.717) is 6.54 Å². The second-order valence-electron chi connectivity index (χ2n) is 6.09. The number of nitrogens with one attached hydrogen (secondary N) is 1. The van der Waals surface area contributed by atoms with Gasteiger partial charge in [-0.2, -0.15) is 0 Å². The molecule has 0 saturated heterocycles. The number of hydrogen-bond donors (Lipinski definition) is 1. The summed E-state index contributed by atoms with van der Waals surface area (Å²) in [5, 5.41) is 3.12. The molecule has 1 aromatic carbocycles. The highest BCUT2D eigenvalue weighted by Gasteiger charge is 2.24. The van der Waals surface area contributed by atoms with Gasteiger partial charge < -0.3 is 5.32 Å². The molecule has 1 aliphatic carbocycles. The summed E-state index contributed by atoms with van der Waals surface area (Å²) in [7, 11) is 0. The summed E-state index contributed by atoms with van der Waals surface area (Å²) < 4.78 is 1.08. The van der Waals surface area contributed by atoms with Crippen LogP contribution in [0.1, 0.15) is 38.7 Å². The lowest BCUT2D eigenvalue weighted by atomic mass is 9.84. The number of amides is 1. The van der Waals surface area contributed by atoms with Crippen molar-refractivity contribution in [2.75, 3.05) is 6.54 Å². The van der Waals surface area contributed by atoms with Gasteiger partial charge in [0.2, 0.25) is 5.91 Å². The minimum atomic E-state index is -0.0547. The van der Waals surface area contributed by atoms with E-state index in [2.05, 4.69) is 59.4 Å². The van der Waals surface area contributed by atoms with Crippen LogP contribution in [0.4, 0.5) is 0 Å². The number of halogens is 1. The van der Waals surface area contributed by atoms with Crippen LogP contribution in [-0.4, -0.2) is 12.5 Å². The van der Waals surface area contributed by atoms with E-state index in [9.17, 15) is 4.79 Å². The zero-order valence-electron chi connectivity index (χ0n) is 12.2. The number of carbonyl (C=O) groups excluding carboxylic acids is 1. The van der Waals surface area contributed by atoms with Crippen LogP contribution in [0.15, 0.2) is 40.9 Å². The highest BCUT2D eigenvalue weighted by atomic mass is 79.9. The smallest absolute Gasteiger partial charge is 0.223 e. The Morgan fingerprint density at radius 2 is 2.00 bits per heavy atom. The molecule has 0 unspecified atom stereocenters. The molecule has 0 bridgehead atoms. The molecular formula is C17H22BrNO. The Balaban J connectivity index is 1.93. The third-order valence-corrected chi connectivity index (χ3v) is 4.50. The molecule has 0 spiro atoms. The normalized spacial score (nSPS) is 18.9. The number of hydrogen-bond acceptors (Lipinski definition) is 1. The fourth-order valence-corrected chi connectivity index (χ4v) is 2.75. The van der Waals surface area contributed by atoms with Crippen molar-refractivity contribution in [2.45, 2.75) is 38.5 Å². The second-order valence-corrected chi connectivity index (χ2v) is 7.01. The number of rotatable bonds is 4. The first-order chi connectivity index (χ1) is 9.49. The third-order valence-electron chi connectivity index (χ3n) is 3.97. The van der Waals surface area contributed by atoms with Crippen molar-refractivity contribution >= 4 is 21.8 Å². The van der Waals surface area contributed by atoms with Crippen molar-refractivity contribution in [1.29, 1.82) is 0 Å². The van der Waals surface area contributed by atoms with E-state index in [0.717, 1.165) is 23.7 Å². The monoisotopic (exact) mass is 335 g/mol. The van der Waals surface area contributed by atoms with Gasteiger partial charge in [-0.3, -0.25) is 4.79 Å². The van der Waals surface area contributed by atoms with E-state index in [-0.39, 0.29) is 17.2 Å². The topological polar surface area (TPSA) is 29.1 Å². The molecule has 2 nitrogen and oxygen atoms in total. The molecule has 0 fully saturated rings. The molecule has 1 aliphatic rings. The van der Waals surface area contributed by atoms with Crippen LogP contribution in [0.5, 0.6) is 0 Å². The first-order valence-corrected chi connectivity index (χ1v) is 7.97. The molecule has 0 saturated carbocycles. The Labute approximate surface area is 129 Å². The van der Waals surface area contributed by atoms with Gasteiger partial charge in [-0.15, -0.1) is 0 Å². The molecular weight excluding hydrogens is 314 g/mol. The standard InChI is InChI=1S/C17H22BrNO/c1-17(2,14-8-10-15(18)11-9-14)12-19-16(20)13-6-4-3-5-7-13/h3-4,8-11,13H,5-7,12H2,1-2H3,(H,19,20)/t13-/m0/s1. The maximum absolute atomic E-state index is 12.2. The molecule has 0 aliphatic heterocycles.